The molecule has 0 aliphatic carbocycles. The minimum atomic E-state index is -0.0407. The molecule has 0 atom stereocenters. The number of benzene rings is 1. The molecule has 1 N–H and O–H groups in total. The number of ether oxygens (including phenoxy) is 1. The number of halogens is 1. The number of anilines is 1. The first kappa shape index (κ1) is 8.38. The molecule has 1 aromatic rings. The van der Waals surface area contributed by atoms with Gasteiger partial charge < -0.3 is 10.1 Å². The molecule has 0 saturated heterocycles. The Morgan fingerprint density at radius 1 is 1.46 bits per heavy atom. The molecule has 2 rings (SSSR count). The van der Waals surface area contributed by atoms with Crippen LogP contribution in [0.4, 0.5) is 5.69 Å². The molecule has 0 bridgehead atoms. The zero-order valence-corrected chi connectivity index (χ0v) is 7.60. The molecule has 0 aromatic heterocycles. The lowest BCUT2D eigenvalue weighted by Crippen LogP contribution is -2.10. The van der Waals surface area contributed by atoms with Gasteiger partial charge in [0, 0.05) is 5.02 Å². The van der Waals surface area contributed by atoms with Crippen molar-refractivity contribution in [3.05, 3.63) is 23.2 Å². The average Bonchev–Trinajstić information content (AvgIpc) is 2.25. The quantitative estimate of drug-likeness (QED) is 0.692. The normalized spacial score (nSPS) is 15.3. The highest BCUT2D eigenvalue weighted by Crippen LogP contribution is 2.29. The first-order chi connectivity index (χ1) is 6.25. The maximum Gasteiger partial charge on any atom is 0.227 e. The Balaban J connectivity index is 2.40. The van der Waals surface area contributed by atoms with E-state index in [0.29, 0.717) is 29.5 Å². The fraction of sp³-hybridized carbons (Fsp3) is 0.222. The molecule has 1 heterocycles. The van der Waals surface area contributed by atoms with E-state index in [9.17, 15) is 4.79 Å². The molecular formula is C9H8ClNO2. The van der Waals surface area contributed by atoms with Crippen molar-refractivity contribution in [1.29, 1.82) is 0 Å². The van der Waals surface area contributed by atoms with Crippen LogP contribution in [0.1, 0.15) is 6.42 Å². The Morgan fingerprint density at radius 3 is 3.15 bits per heavy atom. The highest BCUT2D eigenvalue weighted by atomic mass is 35.5. The number of hydrogen-bond acceptors (Lipinski definition) is 2. The van der Waals surface area contributed by atoms with Crippen molar-refractivity contribution >= 4 is 23.2 Å². The van der Waals surface area contributed by atoms with Gasteiger partial charge in [0.1, 0.15) is 5.75 Å². The van der Waals surface area contributed by atoms with Gasteiger partial charge in [-0.2, -0.15) is 0 Å². The molecule has 0 fully saturated rings. The van der Waals surface area contributed by atoms with E-state index in [4.69, 9.17) is 16.3 Å². The van der Waals surface area contributed by atoms with Crippen molar-refractivity contribution in [3.8, 4) is 5.75 Å². The van der Waals surface area contributed by atoms with Crippen LogP contribution in [-0.2, 0) is 4.79 Å². The molecule has 0 saturated carbocycles. The smallest absolute Gasteiger partial charge is 0.227 e. The monoisotopic (exact) mass is 197 g/mol. The number of fused-ring (bicyclic) bond motifs is 1. The van der Waals surface area contributed by atoms with E-state index < -0.39 is 0 Å². The summed E-state index contributed by atoms with van der Waals surface area (Å²) in [6.07, 6.45) is 0.381. The first-order valence-corrected chi connectivity index (χ1v) is 4.36. The lowest BCUT2D eigenvalue weighted by molar-refractivity contribution is -0.116. The molecule has 0 radical (unpaired) electrons. The Hall–Kier alpha value is -1.22. The fourth-order valence-corrected chi connectivity index (χ4v) is 1.36. The first-order valence-electron chi connectivity index (χ1n) is 3.98. The van der Waals surface area contributed by atoms with Gasteiger partial charge in [-0.05, 0) is 18.2 Å². The Kier molecular flexibility index (Phi) is 2.10. The van der Waals surface area contributed by atoms with E-state index in [-0.39, 0.29) is 5.91 Å². The third-order valence-corrected chi connectivity index (χ3v) is 2.04. The second-order valence-electron chi connectivity index (χ2n) is 2.79. The van der Waals surface area contributed by atoms with Crippen LogP contribution < -0.4 is 10.1 Å². The minimum Gasteiger partial charge on any atom is -0.491 e. The number of hydrogen-bond donors (Lipinski definition) is 1. The summed E-state index contributed by atoms with van der Waals surface area (Å²) in [7, 11) is 0. The number of nitrogens with one attached hydrogen (secondary N) is 1. The van der Waals surface area contributed by atoms with Gasteiger partial charge >= 0.3 is 0 Å². The summed E-state index contributed by atoms with van der Waals surface area (Å²) >= 11 is 5.77. The van der Waals surface area contributed by atoms with Crippen molar-refractivity contribution < 1.29 is 9.53 Å². The van der Waals surface area contributed by atoms with Crippen molar-refractivity contribution in [2.75, 3.05) is 11.9 Å². The highest BCUT2D eigenvalue weighted by molar-refractivity contribution is 6.31. The molecule has 0 unspecified atom stereocenters. The van der Waals surface area contributed by atoms with Crippen LogP contribution in [0.3, 0.4) is 0 Å². The molecule has 1 aliphatic heterocycles. The van der Waals surface area contributed by atoms with Crippen LogP contribution in [0.5, 0.6) is 5.75 Å². The van der Waals surface area contributed by atoms with Crippen LogP contribution in [0, 0.1) is 0 Å². The van der Waals surface area contributed by atoms with Gasteiger partial charge in [0.2, 0.25) is 5.91 Å². The molecular weight excluding hydrogens is 190 g/mol. The fourth-order valence-electron chi connectivity index (χ4n) is 1.19. The van der Waals surface area contributed by atoms with Crippen molar-refractivity contribution in [2.24, 2.45) is 0 Å². The average molecular weight is 198 g/mol. The zero-order chi connectivity index (χ0) is 9.26. The van der Waals surface area contributed by atoms with E-state index in [1.165, 1.54) is 0 Å². The Morgan fingerprint density at radius 2 is 2.31 bits per heavy atom. The molecule has 0 spiro atoms. The van der Waals surface area contributed by atoms with E-state index in [1.54, 1.807) is 18.2 Å². The van der Waals surface area contributed by atoms with E-state index in [1.807, 2.05) is 0 Å². The standard InChI is InChI=1S/C9H8ClNO2/c10-6-1-2-8-7(5-6)11-9(12)3-4-13-8/h1-2,5H,3-4H2,(H,11,12). The van der Waals surface area contributed by atoms with Crippen molar-refractivity contribution in [3.63, 3.8) is 0 Å². The Bertz CT molecular complexity index is 351. The SMILES string of the molecule is O=C1CCOc2ccc(Cl)cc2N1. The summed E-state index contributed by atoms with van der Waals surface area (Å²) in [5, 5.41) is 3.30. The number of carbonyl (C=O) groups excluding carboxylic acids is 1. The largest absolute Gasteiger partial charge is 0.491 e. The maximum absolute atomic E-state index is 11.1. The third-order valence-electron chi connectivity index (χ3n) is 1.80. The van der Waals surface area contributed by atoms with Gasteiger partial charge in [0.25, 0.3) is 0 Å². The van der Waals surface area contributed by atoms with Gasteiger partial charge in [-0.25, -0.2) is 0 Å². The summed E-state index contributed by atoms with van der Waals surface area (Å²) in [6.45, 7) is 0.417. The maximum atomic E-state index is 11.1. The summed E-state index contributed by atoms with van der Waals surface area (Å²) in [4.78, 5) is 11.1. The molecule has 1 aromatic carbocycles. The highest BCUT2D eigenvalue weighted by Gasteiger charge is 2.13. The van der Waals surface area contributed by atoms with Crippen molar-refractivity contribution in [1.82, 2.24) is 0 Å². The summed E-state index contributed by atoms with van der Waals surface area (Å²) in [6, 6.07) is 5.17. The topological polar surface area (TPSA) is 38.3 Å². The number of amides is 1. The minimum absolute atomic E-state index is 0.0407. The predicted molar refractivity (Wildman–Crippen MR) is 50.2 cm³/mol. The molecule has 13 heavy (non-hydrogen) atoms. The lowest BCUT2D eigenvalue weighted by Gasteiger charge is -2.05. The van der Waals surface area contributed by atoms with Gasteiger partial charge in [-0.3, -0.25) is 4.79 Å². The molecule has 1 amide bonds. The van der Waals surface area contributed by atoms with Crippen LogP contribution in [0.25, 0.3) is 0 Å². The third kappa shape index (κ3) is 1.75. The van der Waals surface area contributed by atoms with Crippen LogP contribution >= 0.6 is 11.6 Å². The van der Waals surface area contributed by atoms with Crippen LogP contribution in [0.15, 0.2) is 18.2 Å². The molecule has 1 aliphatic rings. The lowest BCUT2D eigenvalue weighted by atomic mass is 10.3. The number of carbonyl (C=O) groups is 1. The second-order valence-corrected chi connectivity index (χ2v) is 3.22. The summed E-state index contributed by atoms with van der Waals surface area (Å²) in [5.74, 6) is 0.635. The summed E-state index contributed by atoms with van der Waals surface area (Å²) in [5.41, 5.74) is 0.648. The second kappa shape index (κ2) is 3.26. The van der Waals surface area contributed by atoms with E-state index >= 15 is 0 Å². The number of rotatable bonds is 0. The predicted octanol–water partition coefficient (Wildman–Crippen LogP) is 2.06. The van der Waals surface area contributed by atoms with Gasteiger partial charge in [-0.1, -0.05) is 11.6 Å². The van der Waals surface area contributed by atoms with Gasteiger partial charge in [0.05, 0.1) is 18.7 Å². The van der Waals surface area contributed by atoms with E-state index in [0.717, 1.165) is 0 Å². The van der Waals surface area contributed by atoms with Gasteiger partial charge in [0.15, 0.2) is 0 Å². The van der Waals surface area contributed by atoms with E-state index in [2.05, 4.69) is 5.32 Å². The van der Waals surface area contributed by atoms with Crippen LogP contribution in [-0.4, -0.2) is 12.5 Å². The molecule has 4 heteroatoms. The van der Waals surface area contributed by atoms with Gasteiger partial charge in [-0.15, -0.1) is 0 Å². The zero-order valence-electron chi connectivity index (χ0n) is 6.84. The molecule has 3 nitrogen and oxygen atoms in total. The Labute approximate surface area is 80.6 Å². The van der Waals surface area contributed by atoms with Crippen LogP contribution in [0.2, 0.25) is 5.02 Å². The summed E-state index contributed by atoms with van der Waals surface area (Å²) < 4.78 is 5.33. The van der Waals surface area contributed by atoms with Crippen molar-refractivity contribution in [2.45, 2.75) is 6.42 Å². The molecule has 68 valence electrons.